The quantitative estimate of drug-likeness (QED) is 0.869. The highest BCUT2D eigenvalue weighted by molar-refractivity contribution is 9.10. The first kappa shape index (κ1) is 14.8. The maximum atomic E-state index is 12.1. The van der Waals surface area contributed by atoms with E-state index in [1.165, 1.54) is 4.90 Å². The second kappa shape index (κ2) is 6.58. The summed E-state index contributed by atoms with van der Waals surface area (Å²) in [7, 11) is 0. The molecule has 100 valence electrons. The molecule has 0 spiro atoms. The summed E-state index contributed by atoms with van der Waals surface area (Å²) in [6.07, 6.45) is 1.69. The van der Waals surface area contributed by atoms with Crippen LogP contribution in [0.1, 0.15) is 31.3 Å². The number of nitrogens with one attached hydrogen (secondary N) is 2. The summed E-state index contributed by atoms with van der Waals surface area (Å²) in [6, 6.07) is 1.77. The number of amides is 2. The molecule has 0 fully saturated rings. The van der Waals surface area contributed by atoms with Crippen LogP contribution >= 0.6 is 15.9 Å². The molecule has 0 saturated heterocycles. The fourth-order valence-electron chi connectivity index (χ4n) is 1.53. The molecular weight excluding hydrogens is 298 g/mol. The molecule has 0 atom stereocenters. The summed E-state index contributed by atoms with van der Waals surface area (Å²) in [4.78, 5) is 28.1. The SMILES string of the molecule is CCN(CC(=O)NC(C)C)C(=O)c1cc(Br)c[nH]1. The number of carbonyl (C=O) groups excluding carboxylic acids is 2. The van der Waals surface area contributed by atoms with E-state index in [4.69, 9.17) is 0 Å². The Labute approximate surface area is 115 Å². The molecule has 0 unspecified atom stereocenters. The Morgan fingerprint density at radius 3 is 2.61 bits per heavy atom. The van der Waals surface area contributed by atoms with Gasteiger partial charge in [-0.15, -0.1) is 0 Å². The highest BCUT2D eigenvalue weighted by Crippen LogP contribution is 2.12. The topological polar surface area (TPSA) is 65.2 Å². The van der Waals surface area contributed by atoms with Crippen molar-refractivity contribution in [3.63, 3.8) is 0 Å². The van der Waals surface area contributed by atoms with Gasteiger partial charge in [-0.3, -0.25) is 9.59 Å². The minimum absolute atomic E-state index is 0.0736. The molecule has 2 amide bonds. The smallest absolute Gasteiger partial charge is 0.270 e. The second-order valence-electron chi connectivity index (χ2n) is 4.27. The first-order valence-corrected chi connectivity index (χ1v) is 6.66. The van der Waals surface area contributed by atoms with Crippen LogP contribution < -0.4 is 5.32 Å². The van der Waals surface area contributed by atoms with Crippen LogP contribution in [-0.4, -0.2) is 40.8 Å². The maximum absolute atomic E-state index is 12.1. The van der Waals surface area contributed by atoms with Gasteiger partial charge in [0.1, 0.15) is 5.69 Å². The van der Waals surface area contributed by atoms with Crippen molar-refractivity contribution in [2.45, 2.75) is 26.8 Å². The number of aromatic nitrogens is 1. The number of aromatic amines is 1. The third-order valence-corrected chi connectivity index (χ3v) is 2.79. The van der Waals surface area contributed by atoms with Crippen molar-refractivity contribution in [2.75, 3.05) is 13.1 Å². The predicted molar refractivity (Wildman–Crippen MR) is 73.3 cm³/mol. The molecule has 0 aliphatic carbocycles. The zero-order valence-electron chi connectivity index (χ0n) is 10.8. The van der Waals surface area contributed by atoms with E-state index in [0.29, 0.717) is 12.2 Å². The largest absolute Gasteiger partial charge is 0.356 e. The third-order valence-electron chi connectivity index (χ3n) is 2.33. The van der Waals surface area contributed by atoms with Crippen LogP contribution in [0, 0.1) is 0 Å². The lowest BCUT2D eigenvalue weighted by Gasteiger charge is -2.20. The molecule has 1 aromatic heterocycles. The van der Waals surface area contributed by atoms with Crippen LogP contribution in [0.3, 0.4) is 0 Å². The minimum Gasteiger partial charge on any atom is -0.356 e. The van der Waals surface area contributed by atoms with Gasteiger partial charge in [0.05, 0.1) is 6.54 Å². The molecule has 18 heavy (non-hydrogen) atoms. The molecule has 0 aliphatic heterocycles. The van der Waals surface area contributed by atoms with Crippen molar-refractivity contribution in [1.29, 1.82) is 0 Å². The first-order valence-electron chi connectivity index (χ1n) is 5.86. The highest BCUT2D eigenvalue weighted by Gasteiger charge is 2.18. The Hall–Kier alpha value is -1.30. The number of rotatable bonds is 5. The van der Waals surface area contributed by atoms with Crippen LogP contribution in [0.5, 0.6) is 0 Å². The molecule has 1 heterocycles. The number of halogens is 1. The van der Waals surface area contributed by atoms with E-state index < -0.39 is 0 Å². The van der Waals surface area contributed by atoms with Crippen molar-refractivity contribution in [1.82, 2.24) is 15.2 Å². The van der Waals surface area contributed by atoms with E-state index in [2.05, 4.69) is 26.2 Å². The van der Waals surface area contributed by atoms with Gasteiger partial charge in [-0.2, -0.15) is 0 Å². The van der Waals surface area contributed by atoms with Gasteiger partial charge in [0.2, 0.25) is 5.91 Å². The predicted octanol–water partition coefficient (Wildman–Crippen LogP) is 1.76. The molecule has 0 radical (unpaired) electrons. The Morgan fingerprint density at radius 2 is 2.17 bits per heavy atom. The fraction of sp³-hybridized carbons (Fsp3) is 0.500. The lowest BCUT2D eigenvalue weighted by molar-refractivity contribution is -0.122. The van der Waals surface area contributed by atoms with Gasteiger partial charge in [-0.25, -0.2) is 0 Å². The minimum atomic E-state index is -0.179. The monoisotopic (exact) mass is 315 g/mol. The van der Waals surface area contributed by atoms with Gasteiger partial charge in [0, 0.05) is 23.3 Å². The van der Waals surface area contributed by atoms with Crippen molar-refractivity contribution in [3.05, 3.63) is 22.4 Å². The molecule has 0 saturated carbocycles. The van der Waals surface area contributed by atoms with Crippen LogP contribution in [0.4, 0.5) is 0 Å². The van der Waals surface area contributed by atoms with Crippen molar-refractivity contribution in [2.24, 2.45) is 0 Å². The van der Waals surface area contributed by atoms with Gasteiger partial charge in [0.25, 0.3) is 5.91 Å². The molecule has 0 aliphatic rings. The van der Waals surface area contributed by atoms with E-state index in [0.717, 1.165) is 4.47 Å². The van der Waals surface area contributed by atoms with E-state index in [1.54, 1.807) is 12.3 Å². The van der Waals surface area contributed by atoms with E-state index in [9.17, 15) is 9.59 Å². The average Bonchev–Trinajstić information content (AvgIpc) is 2.70. The summed E-state index contributed by atoms with van der Waals surface area (Å²) >= 11 is 3.27. The summed E-state index contributed by atoms with van der Waals surface area (Å²) in [5.41, 5.74) is 0.473. The summed E-state index contributed by atoms with van der Waals surface area (Å²) in [5, 5.41) is 2.77. The number of carbonyl (C=O) groups is 2. The molecular formula is C12H18BrN3O2. The van der Waals surface area contributed by atoms with Gasteiger partial charge in [-0.1, -0.05) is 0 Å². The number of hydrogen-bond donors (Lipinski definition) is 2. The normalized spacial score (nSPS) is 10.5. The number of H-pyrrole nitrogens is 1. The maximum Gasteiger partial charge on any atom is 0.270 e. The lowest BCUT2D eigenvalue weighted by atomic mass is 10.3. The molecule has 2 N–H and O–H groups in total. The van der Waals surface area contributed by atoms with Gasteiger partial charge < -0.3 is 15.2 Å². The summed E-state index contributed by atoms with van der Waals surface area (Å²) in [5.74, 6) is -0.326. The summed E-state index contributed by atoms with van der Waals surface area (Å²) < 4.78 is 0.813. The van der Waals surface area contributed by atoms with Gasteiger partial charge in [-0.05, 0) is 42.8 Å². The van der Waals surface area contributed by atoms with E-state index >= 15 is 0 Å². The van der Waals surface area contributed by atoms with Crippen LogP contribution in [-0.2, 0) is 4.79 Å². The molecule has 5 nitrogen and oxygen atoms in total. The van der Waals surface area contributed by atoms with Crippen LogP contribution in [0.2, 0.25) is 0 Å². The lowest BCUT2D eigenvalue weighted by Crippen LogP contribution is -2.42. The number of nitrogens with zero attached hydrogens (tertiary/aromatic N) is 1. The Morgan fingerprint density at radius 1 is 1.50 bits per heavy atom. The average molecular weight is 316 g/mol. The molecule has 6 heteroatoms. The first-order chi connectivity index (χ1) is 8.43. The number of likely N-dealkylation sites (N-methyl/N-ethyl adjacent to an activating group) is 1. The zero-order valence-corrected chi connectivity index (χ0v) is 12.4. The molecule has 0 bridgehead atoms. The van der Waals surface area contributed by atoms with Crippen LogP contribution in [0.25, 0.3) is 0 Å². The second-order valence-corrected chi connectivity index (χ2v) is 5.19. The molecule has 1 aromatic rings. The van der Waals surface area contributed by atoms with Crippen molar-refractivity contribution < 1.29 is 9.59 Å². The van der Waals surface area contributed by atoms with Gasteiger partial charge in [0.15, 0.2) is 0 Å². The summed E-state index contributed by atoms with van der Waals surface area (Å²) in [6.45, 7) is 6.18. The van der Waals surface area contributed by atoms with Crippen LogP contribution in [0.15, 0.2) is 16.7 Å². The molecule has 1 rings (SSSR count). The zero-order chi connectivity index (χ0) is 13.7. The van der Waals surface area contributed by atoms with E-state index in [1.807, 2.05) is 20.8 Å². The fourth-order valence-corrected chi connectivity index (χ4v) is 1.87. The Balaban J connectivity index is 2.66. The van der Waals surface area contributed by atoms with Gasteiger partial charge >= 0.3 is 0 Å². The Kier molecular flexibility index (Phi) is 5.40. The highest BCUT2D eigenvalue weighted by atomic mass is 79.9. The van der Waals surface area contributed by atoms with E-state index in [-0.39, 0.29) is 24.4 Å². The van der Waals surface area contributed by atoms with Crippen molar-refractivity contribution in [3.8, 4) is 0 Å². The molecule has 0 aromatic carbocycles. The number of hydrogen-bond acceptors (Lipinski definition) is 2. The third kappa shape index (κ3) is 4.18. The standard InChI is InChI=1S/C12H18BrN3O2/c1-4-16(7-11(17)15-8(2)3)12(18)10-5-9(13)6-14-10/h5-6,8,14H,4,7H2,1-3H3,(H,15,17). The Bertz CT molecular complexity index is 429. The van der Waals surface area contributed by atoms with Crippen molar-refractivity contribution >= 4 is 27.7 Å².